The fraction of sp³-hybridized carbons (Fsp3) is 0.438. The van der Waals surface area contributed by atoms with Crippen LogP contribution in [0.3, 0.4) is 0 Å². The molecule has 21 heavy (non-hydrogen) atoms. The van der Waals surface area contributed by atoms with Crippen LogP contribution >= 0.6 is 15.9 Å². The maximum atomic E-state index is 10.7. The number of carbonyl (C=O) groups is 1. The average molecular weight is 353 g/mol. The van der Waals surface area contributed by atoms with Gasteiger partial charge in [-0.25, -0.2) is 4.79 Å². The first-order valence-corrected chi connectivity index (χ1v) is 7.85. The topological polar surface area (TPSA) is 43.8 Å². The lowest BCUT2D eigenvalue weighted by Gasteiger charge is -2.25. The van der Waals surface area contributed by atoms with Gasteiger partial charge in [-0.15, -0.1) is 0 Å². The average Bonchev–Trinajstić information content (AvgIpc) is 2.81. The summed E-state index contributed by atoms with van der Waals surface area (Å²) in [7, 11) is 4.22. The summed E-state index contributed by atoms with van der Waals surface area (Å²) < 4.78 is 0.949. The largest absolute Gasteiger partial charge is 0.478 e. The second-order valence-electron chi connectivity index (χ2n) is 5.67. The molecule has 0 aromatic heterocycles. The number of halogens is 1. The number of carboxylic acid groups (broad SMARTS) is 1. The first-order chi connectivity index (χ1) is 9.95. The Morgan fingerprint density at radius 3 is 2.95 bits per heavy atom. The highest BCUT2D eigenvalue weighted by Gasteiger charge is 2.21. The maximum Gasteiger partial charge on any atom is 0.328 e. The lowest BCUT2D eigenvalue weighted by atomic mass is 10.1. The molecule has 0 amide bonds. The van der Waals surface area contributed by atoms with Crippen LogP contribution in [0.1, 0.15) is 12.0 Å². The quantitative estimate of drug-likeness (QED) is 0.827. The Bertz CT molecular complexity index is 545. The van der Waals surface area contributed by atoms with Crippen molar-refractivity contribution in [3.05, 3.63) is 34.3 Å². The summed E-state index contributed by atoms with van der Waals surface area (Å²) in [5.74, 6) is -0.263. The van der Waals surface area contributed by atoms with Crippen molar-refractivity contribution in [3.8, 4) is 0 Å². The molecule has 1 N–H and O–H groups in total. The molecule has 1 heterocycles. The molecule has 1 aromatic rings. The van der Waals surface area contributed by atoms with E-state index >= 15 is 0 Å². The van der Waals surface area contributed by atoms with Gasteiger partial charge < -0.3 is 14.9 Å². The first kappa shape index (κ1) is 16.0. The molecule has 114 valence electrons. The van der Waals surface area contributed by atoms with Crippen molar-refractivity contribution < 1.29 is 9.90 Å². The van der Waals surface area contributed by atoms with Gasteiger partial charge in [-0.05, 0) is 55.8 Å². The minimum Gasteiger partial charge on any atom is -0.478 e. The Morgan fingerprint density at radius 1 is 1.57 bits per heavy atom. The first-order valence-electron chi connectivity index (χ1n) is 7.06. The number of anilines is 1. The Morgan fingerprint density at radius 2 is 2.33 bits per heavy atom. The normalized spacial score (nSPS) is 19.3. The van der Waals surface area contributed by atoms with Crippen LogP contribution in [0.4, 0.5) is 5.69 Å². The molecule has 1 saturated heterocycles. The van der Waals surface area contributed by atoms with Crippen LogP contribution in [0.25, 0.3) is 6.08 Å². The Kier molecular flexibility index (Phi) is 5.42. The molecule has 1 fully saturated rings. The number of hydrogen-bond donors (Lipinski definition) is 1. The molecule has 1 aromatic carbocycles. The Balaban J connectivity index is 2.15. The van der Waals surface area contributed by atoms with Crippen LogP contribution in [0.2, 0.25) is 0 Å². The van der Waals surface area contributed by atoms with E-state index in [4.69, 9.17) is 5.11 Å². The molecule has 1 atom stereocenters. The lowest BCUT2D eigenvalue weighted by molar-refractivity contribution is -0.131. The minimum absolute atomic E-state index is 0.667. The number of carboxylic acids is 1. The molecular formula is C16H21BrN2O2. The van der Waals surface area contributed by atoms with E-state index in [-0.39, 0.29) is 0 Å². The summed E-state index contributed by atoms with van der Waals surface area (Å²) in [5.41, 5.74) is 1.98. The van der Waals surface area contributed by atoms with Gasteiger partial charge in [-0.3, -0.25) is 0 Å². The minimum atomic E-state index is -0.930. The molecule has 4 nitrogen and oxygen atoms in total. The third kappa shape index (κ3) is 4.58. The highest BCUT2D eigenvalue weighted by atomic mass is 79.9. The zero-order valence-electron chi connectivity index (χ0n) is 12.4. The number of rotatable bonds is 5. The third-order valence-corrected chi connectivity index (χ3v) is 4.32. The van der Waals surface area contributed by atoms with Gasteiger partial charge >= 0.3 is 5.97 Å². The molecule has 0 bridgehead atoms. The standard InChI is InChI=1S/C16H21BrN2O2/c1-18-8-7-12(10-18)11-19(2)15-5-4-14(17)9-13(15)3-6-16(20)21/h3-6,9,12H,7-8,10-11H2,1-2H3,(H,20,21)/b6-3+. The van der Waals surface area contributed by atoms with Gasteiger partial charge in [0, 0.05) is 36.4 Å². The van der Waals surface area contributed by atoms with Crippen molar-refractivity contribution in [2.75, 3.05) is 38.6 Å². The number of hydrogen-bond acceptors (Lipinski definition) is 3. The summed E-state index contributed by atoms with van der Waals surface area (Å²) in [6, 6.07) is 5.97. The van der Waals surface area contributed by atoms with E-state index in [1.165, 1.54) is 12.5 Å². The van der Waals surface area contributed by atoms with Crippen molar-refractivity contribution in [1.29, 1.82) is 0 Å². The number of benzene rings is 1. The van der Waals surface area contributed by atoms with Gasteiger partial charge in [0.05, 0.1) is 0 Å². The van der Waals surface area contributed by atoms with E-state index in [0.29, 0.717) is 5.92 Å². The molecule has 1 unspecified atom stereocenters. The van der Waals surface area contributed by atoms with Crippen LogP contribution in [0, 0.1) is 5.92 Å². The van der Waals surface area contributed by atoms with Crippen LogP contribution in [0.15, 0.2) is 28.7 Å². The summed E-state index contributed by atoms with van der Waals surface area (Å²) in [4.78, 5) is 15.3. The Labute approximate surface area is 134 Å². The number of aliphatic carboxylic acids is 1. The SMILES string of the molecule is CN1CCC(CN(C)c2ccc(Br)cc2/C=C/C(=O)O)C1. The highest BCUT2D eigenvalue weighted by molar-refractivity contribution is 9.10. The van der Waals surface area contributed by atoms with Crippen LogP contribution < -0.4 is 4.90 Å². The third-order valence-electron chi connectivity index (χ3n) is 3.83. The van der Waals surface area contributed by atoms with Gasteiger partial charge in [-0.1, -0.05) is 15.9 Å². The van der Waals surface area contributed by atoms with Crippen molar-refractivity contribution in [1.82, 2.24) is 4.90 Å². The van der Waals surface area contributed by atoms with E-state index in [9.17, 15) is 4.79 Å². The van der Waals surface area contributed by atoms with Gasteiger partial charge in [0.1, 0.15) is 0 Å². The van der Waals surface area contributed by atoms with Crippen LogP contribution in [-0.4, -0.2) is 49.7 Å². The Hall–Kier alpha value is -1.33. The second kappa shape index (κ2) is 7.09. The summed E-state index contributed by atoms with van der Waals surface area (Å²) in [5, 5.41) is 8.81. The van der Waals surface area contributed by atoms with Crippen molar-refractivity contribution >= 4 is 33.7 Å². The van der Waals surface area contributed by atoms with Crippen LogP contribution in [0.5, 0.6) is 0 Å². The smallest absolute Gasteiger partial charge is 0.328 e. The zero-order chi connectivity index (χ0) is 15.4. The summed E-state index contributed by atoms with van der Waals surface area (Å²) in [6.45, 7) is 3.27. The van der Waals surface area contributed by atoms with Crippen LogP contribution in [-0.2, 0) is 4.79 Å². The fourth-order valence-electron chi connectivity index (χ4n) is 2.83. The van der Waals surface area contributed by atoms with E-state index in [1.807, 2.05) is 18.2 Å². The molecule has 0 radical (unpaired) electrons. The van der Waals surface area contributed by atoms with Crippen molar-refractivity contribution in [2.45, 2.75) is 6.42 Å². The second-order valence-corrected chi connectivity index (χ2v) is 6.59. The molecule has 1 aliphatic rings. The fourth-order valence-corrected chi connectivity index (χ4v) is 3.21. The number of nitrogens with zero attached hydrogens (tertiary/aromatic N) is 2. The van der Waals surface area contributed by atoms with Gasteiger partial charge in [0.15, 0.2) is 0 Å². The van der Waals surface area contributed by atoms with E-state index in [1.54, 1.807) is 6.08 Å². The zero-order valence-corrected chi connectivity index (χ0v) is 14.0. The predicted molar refractivity (Wildman–Crippen MR) is 89.7 cm³/mol. The summed E-state index contributed by atoms with van der Waals surface area (Å²) >= 11 is 3.44. The molecule has 5 heteroatoms. The van der Waals surface area contributed by atoms with Crippen molar-refractivity contribution in [2.24, 2.45) is 5.92 Å². The monoisotopic (exact) mass is 352 g/mol. The lowest BCUT2D eigenvalue weighted by Crippen LogP contribution is -2.27. The molecule has 2 rings (SSSR count). The molecule has 1 aliphatic heterocycles. The highest BCUT2D eigenvalue weighted by Crippen LogP contribution is 2.27. The van der Waals surface area contributed by atoms with E-state index in [0.717, 1.165) is 35.4 Å². The summed E-state index contributed by atoms with van der Waals surface area (Å²) in [6.07, 6.45) is 4.06. The maximum absolute atomic E-state index is 10.7. The molecule has 0 saturated carbocycles. The molecular weight excluding hydrogens is 332 g/mol. The van der Waals surface area contributed by atoms with Crippen molar-refractivity contribution in [3.63, 3.8) is 0 Å². The predicted octanol–water partition coefficient (Wildman–Crippen LogP) is 2.93. The van der Waals surface area contributed by atoms with Gasteiger partial charge in [-0.2, -0.15) is 0 Å². The van der Waals surface area contributed by atoms with E-state index in [2.05, 4.69) is 39.8 Å². The van der Waals surface area contributed by atoms with Gasteiger partial charge in [0.2, 0.25) is 0 Å². The number of likely N-dealkylation sites (tertiary alicyclic amines) is 1. The molecule has 0 aliphatic carbocycles. The van der Waals surface area contributed by atoms with Gasteiger partial charge in [0.25, 0.3) is 0 Å². The van der Waals surface area contributed by atoms with E-state index < -0.39 is 5.97 Å². The molecule has 0 spiro atoms.